The third-order valence-electron chi connectivity index (χ3n) is 2.17. The number of rotatable bonds is 8. The van der Waals surface area contributed by atoms with Gasteiger partial charge in [0.2, 0.25) is 0 Å². The Bertz CT molecular complexity index is 323. The van der Waals surface area contributed by atoms with Gasteiger partial charge in [-0.1, -0.05) is 6.92 Å². The molecule has 1 aromatic rings. The Hall–Kier alpha value is -0.780. The number of pyridine rings is 1. The van der Waals surface area contributed by atoms with Gasteiger partial charge in [-0.25, -0.2) is 4.98 Å². The minimum absolute atomic E-state index is 0.174. The summed E-state index contributed by atoms with van der Waals surface area (Å²) in [7, 11) is 0. The van der Waals surface area contributed by atoms with Gasteiger partial charge >= 0.3 is 0 Å². The van der Waals surface area contributed by atoms with Crippen molar-refractivity contribution >= 4 is 17.6 Å². The smallest absolute Gasteiger partial charge is 0.126 e. The van der Waals surface area contributed by atoms with E-state index in [0.29, 0.717) is 5.75 Å². The maximum Gasteiger partial charge on any atom is 0.126 e. The minimum Gasteiger partial charge on any atom is -0.394 e. The molecule has 0 aliphatic carbocycles. The van der Waals surface area contributed by atoms with Gasteiger partial charge in [0.15, 0.2) is 0 Å². The summed E-state index contributed by atoms with van der Waals surface area (Å²) < 4.78 is 0. The second-order valence-electron chi connectivity index (χ2n) is 3.83. The van der Waals surface area contributed by atoms with Crippen LogP contribution in [0.3, 0.4) is 0 Å². The van der Waals surface area contributed by atoms with Crippen LogP contribution in [0.2, 0.25) is 0 Å². The van der Waals surface area contributed by atoms with E-state index in [1.807, 2.05) is 12.1 Å². The van der Waals surface area contributed by atoms with Gasteiger partial charge in [-0.2, -0.15) is 11.8 Å². The lowest BCUT2D eigenvalue weighted by Crippen LogP contribution is -2.14. The van der Waals surface area contributed by atoms with Crippen LogP contribution in [0.1, 0.15) is 18.9 Å². The summed E-state index contributed by atoms with van der Waals surface area (Å²) in [6, 6.07) is 3.99. The van der Waals surface area contributed by atoms with Crippen molar-refractivity contribution in [2.45, 2.75) is 25.2 Å². The van der Waals surface area contributed by atoms with Crippen molar-refractivity contribution in [3.63, 3.8) is 0 Å². The Labute approximate surface area is 106 Å². The zero-order valence-corrected chi connectivity index (χ0v) is 10.9. The fourth-order valence-electron chi connectivity index (χ4n) is 1.28. The van der Waals surface area contributed by atoms with Crippen molar-refractivity contribution in [3.8, 4) is 0 Å². The quantitative estimate of drug-likeness (QED) is 0.657. The summed E-state index contributed by atoms with van der Waals surface area (Å²) in [4.78, 5) is 4.23. The maximum atomic E-state index is 9.21. The predicted octanol–water partition coefficient (Wildman–Crippen LogP) is 1.49. The molecular weight excluding hydrogens is 236 g/mol. The Morgan fingerprint density at radius 3 is 3.06 bits per heavy atom. The van der Waals surface area contributed by atoms with E-state index in [1.165, 1.54) is 5.56 Å². The molecule has 0 saturated carbocycles. The lowest BCUT2D eigenvalue weighted by Gasteiger charge is -2.08. The molecule has 0 saturated heterocycles. The van der Waals surface area contributed by atoms with Crippen molar-refractivity contribution in [1.82, 2.24) is 4.98 Å². The number of nitrogens with one attached hydrogen (secondary N) is 1. The number of aliphatic hydroxyl groups excluding tert-OH is 2. The third kappa shape index (κ3) is 5.91. The molecular formula is C12H20N2O2S. The van der Waals surface area contributed by atoms with E-state index in [4.69, 9.17) is 5.11 Å². The Morgan fingerprint density at radius 1 is 1.53 bits per heavy atom. The van der Waals surface area contributed by atoms with Crippen molar-refractivity contribution in [2.24, 2.45) is 0 Å². The van der Waals surface area contributed by atoms with E-state index >= 15 is 0 Å². The van der Waals surface area contributed by atoms with Gasteiger partial charge in [0.1, 0.15) is 5.82 Å². The number of hydrogen-bond donors (Lipinski definition) is 3. The third-order valence-corrected chi connectivity index (χ3v) is 3.33. The minimum atomic E-state index is -0.625. The van der Waals surface area contributed by atoms with E-state index in [0.717, 1.165) is 24.5 Å². The summed E-state index contributed by atoms with van der Waals surface area (Å²) in [6.45, 7) is 2.86. The topological polar surface area (TPSA) is 65.4 Å². The Balaban J connectivity index is 2.37. The molecule has 3 N–H and O–H groups in total. The van der Waals surface area contributed by atoms with E-state index < -0.39 is 6.10 Å². The molecule has 1 atom stereocenters. The molecule has 5 heteroatoms. The number of nitrogens with zero attached hydrogens (tertiary/aromatic N) is 1. The lowest BCUT2D eigenvalue weighted by atomic mass is 10.3. The summed E-state index contributed by atoms with van der Waals surface area (Å²) in [5.74, 6) is 2.27. The van der Waals surface area contributed by atoms with Gasteiger partial charge < -0.3 is 15.5 Å². The standard InChI is InChI=1S/C12H20N2O2S/c1-2-4-13-12-6-10(3-5-14-12)8-17-9-11(16)7-15/h3,5-6,11,15-16H,2,4,7-9H2,1H3,(H,13,14). The van der Waals surface area contributed by atoms with Crippen molar-refractivity contribution in [2.75, 3.05) is 24.2 Å². The van der Waals surface area contributed by atoms with E-state index in [9.17, 15) is 5.11 Å². The fourth-order valence-corrected chi connectivity index (χ4v) is 2.19. The van der Waals surface area contributed by atoms with Crippen molar-refractivity contribution in [3.05, 3.63) is 23.9 Å². The molecule has 1 heterocycles. The first-order valence-corrected chi connectivity index (χ1v) is 6.97. The van der Waals surface area contributed by atoms with Crippen LogP contribution < -0.4 is 5.32 Å². The van der Waals surface area contributed by atoms with Crippen LogP contribution in [0.5, 0.6) is 0 Å². The molecule has 0 aliphatic rings. The van der Waals surface area contributed by atoms with Crippen molar-refractivity contribution < 1.29 is 10.2 Å². The van der Waals surface area contributed by atoms with Gasteiger partial charge in [-0.3, -0.25) is 0 Å². The number of hydrogen-bond acceptors (Lipinski definition) is 5. The van der Waals surface area contributed by atoms with Crippen LogP contribution in [-0.2, 0) is 5.75 Å². The van der Waals surface area contributed by atoms with Crippen LogP contribution >= 0.6 is 11.8 Å². The Morgan fingerprint density at radius 2 is 2.35 bits per heavy atom. The molecule has 0 aliphatic heterocycles. The predicted molar refractivity (Wildman–Crippen MR) is 72.3 cm³/mol. The molecule has 1 rings (SSSR count). The molecule has 0 amide bonds. The van der Waals surface area contributed by atoms with Crippen LogP contribution in [0.15, 0.2) is 18.3 Å². The molecule has 4 nitrogen and oxygen atoms in total. The first kappa shape index (κ1) is 14.3. The van der Waals surface area contributed by atoms with Crippen molar-refractivity contribution in [1.29, 1.82) is 0 Å². The van der Waals surface area contributed by atoms with Gasteiger partial charge in [-0.15, -0.1) is 0 Å². The molecule has 0 radical (unpaired) electrons. The fraction of sp³-hybridized carbons (Fsp3) is 0.583. The first-order chi connectivity index (χ1) is 8.26. The monoisotopic (exact) mass is 256 g/mol. The molecule has 1 unspecified atom stereocenters. The molecule has 0 bridgehead atoms. The number of thioether (sulfide) groups is 1. The number of aromatic nitrogens is 1. The summed E-state index contributed by atoms with van der Waals surface area (Å²) in [5, 5.41) is 21.1. The Kier molecular flexibility index (Phi) is 7.00. The van der Waals surface area contributed by atoms with E-state index in [1.54, 1.807) is 18.0 Å². The largest absolute Gasteiger partial charge is 0.394 e. The number of aliphatic hydroxyl groups is 2. The highest BCUT2D eigenvalue weighted by Gasteiger charge is 2.02. The first-order valence-electron chi connectivity index (χ1n) is 5.81. The van der Waals surface area contributed by atoms with Gasteiger partial charge in [-0.05, 0) is 24.1 Å². The van der Waals surface area contributed by atoms with Gasteiger partial charge in [0, 0.05) is 24.2 Å². The normalized spacial score (nSPS) is 12.4. The summed E-state index contributed by atoms with van der Waals surface area (Å²) in [6.07, 6.45) is 2.24. The average Bonchev–Trinajstić information content (AvgIpc) is 2.36. The van der Waals surface area contributed by atoms with E-state index in [-0.39, 0.29) is 6.61 Å². The summed E-state index contributed by atoms with van der Waals surface area (Å²) >= 11 is 1.61. The maximum absolute atomic E-state index is 9.21. The zero-order chi connectivity index (χ0) is 12.5. The molecule has 0 aromatic carbocycles. The second-order valence-corrected chi connectivity index (χ2v) is 4.86. The van der Waals surface area contributed by atoms with Crippen LogP contribution in [0, 0.1) is 0 Å². The molecule has 17 heavy (non-hydrogen) atoms. The van der Waals surface area contributed by atoms with Gasteiger partial charge in [0.25, 0.3) is 0 Å². The second kappa shape index (κ2) is 8.33. The zero-order valence-electron chi connectivity index (χ0n) is 10.1. The molecule has 0 spiro atoms. The highest BCUT2D eigenvalue weighted by molar-refractivity contribution is 7.98. The lowest BCUT2D eigenvalue weighted by molar-refractivity contribution is 0.113. The van der Waals surface area contributed by atoms with E-state index in [2.05, 4.69) is 17.2 Å². The number of anilines is 1. The van der Waals surface area contributed by atoms with Crippen LogP contribution in [-0.4, -0.2) is 40.2 Å². The molecule has 1 aromatic heterocycles. The highest BCUT2D eigenvalue weighted by Crippen LogP contribution is 2.15. The summed E-state index contributed by atoms with van der Waals surface area (Å²) in [5.41, 5.74) is 1.17. The highest BCUT2D eigenvalue weighted by atomic mass is 32.2. The van der Waals surface area contributed by atoms with Crippen LogP contribution in [0.4, 0.5) is 5.82 Å². The molecule has 96 valence electrons. The SMILES string of the molecule is CCCNc1cc(CSCC(O)CO)ccn1. The van der Waals surface area contributed by atoms with Gasteiger partial charge in [0.05, 0.1) is 12.7 Å². The average molecular weight is 256 g/mol. The molecule has 0 fully saturated rings. The van der Waals surface area contributed by atoms with Crippen LogP contribution in [0.25, 0.3) is 0 Å².